The van der Waals surface area contributed by atoms with Gasteiger partial charge in [0.05, 0.1) is 5.69 Å². The monoisotopic (exact) mass is 619 g/mol. The molecular weight excluding hydrogens is 583 g/mol. The van der Waals surface area contributed by atoms with E-state index in [2.05, 4.69) is 177 Å². The van der Waals surface area contributed by atoms with Crippen LogP contribution in [0.25, 0.3) is 44.2 Å². The van der Waals surface area contributed by atoms with Crippen molar-refractivity contribution in [1.29, 1.82) is 0 Å². The number of hydrogen-bond donors (Lipinski definition) is 0. The molecule has 48 heavy (non-hydrogen) atoms. The van der Waals surface area contributed by atoms with Gasteiger partial charge < -0.3 is 9.32 Å². The standard InChI is InChI=1S/C46H37NO/c1-30-35(33-25-28-41-39(29-33)36-15-7-9-19-40(36)46(41,2)3)17-11-20-42(30)47(34-26-23-32(24-27-34)31-13-5-4-6-14-31)43-21-12-18-38-37-16-8-10-22-44(37)48-45(38)43/h4-30,35H,1-3H3. The molecule has 2 heteroatoms. The Hall–Kier alpha value is -5.60. The highest BCUT2D eigenvalue weighted by Gasteiger charge is 2.36. The summed E-state index contributed by atoms with van der Waals surface area (Å²) < 4.78 is 6.63. The summed E-state index contributed by atoms with van der Waals surface area (Å²) in [5, 5.41) is 2.27. The lowest BCUT2D eigenvalue weighted by atomic mass is 9.79. The Bertz CT molecular complexity index is 2390. The smallest absolute Gasteiger partial charge is 0.159 e. The van der Waals surface area contributed by atoms with Crippen LogP contribution < -0.4 is 4.90 Å². The minimum absolute atomic E-state index is 0.00246. The lowest BCUT2D eigenvalue weighted by Crippen LogP contribution is -2.26. The molecule has 2 aliphatic rings. The Labute approximate surface area is 282 Å². The molecule has 0 bridgehead atoms. The number of nitrogens with zero attached hydrogens (tertiary/aromatic N) is 1. The number of fused-ring (bicyclic) bond motifs is 6. The average Bonchev–Trinajstić information content (AvgIpc) is 3.62. The predicted octanol–water partition coefficient (Wildman–Crippen LogP) is 12.6. The molecule has 2 unspecified atom stereocenters. The van der Waals surface area contributed by atoms with Gasteiger partial charge in [0.25, 0.3) is 0 Å². The van der Waals surface area contributed by atoms with E-state index in [1.54, 1.807) is 0 Å². The molecule has 7 aromatic rings. The molecule has 0 saturated heterocycles. The first-order valence-corrected chi connectivity index (χ1v) is 17.0. The van der Waals surface area contributed by atoms with Crippen molar-refractivity contribution >= 4 is 33.3 Å². The minimum atomic E-state index is -0.00246. The lowest BCUT2D eigenvalue weighted by molar-refractivity contribution is 0.586. The van der Waals surface area contributed by atoms with Gasteiger partial charge in [-0.2, -0.15) is 0 Å². The van der Waals surface area contributed by atoms with Crippen LogP contribution in [0.3, 0.4) is 0 Å². The molecule has 9 rings (SSSR count). The van der Waals surface area contributed by atoms with Crippen molar-refractivity contribution in [3.63, 3.8) is 0 Å². The molecule has 0 amide bonds. The Morgan fingerprint density at radius 1 is 0.625 bits per heavy atom. The SMILES string of the molecule is CC1C(N(c2ccc(-c3ccccc3)cc2)c2cccc3c2oc2ccccc23)=CC=CC1c1ccc2c(c1)-c1ccccc1C2(C)C. The van der Waals surface area contributed by atoms with Crippen LogP contribution in [0.4, 0.5) is 11.4 Å². The van der Waals surface area contributed by atoms with Crippen molar-refractivity contribution in [2.75, 3.05) is 4.90 Å². The van der Waals surface area contributed by atoms with Gasteiger partial charge in [0, 0.05) is 39.4 Å². The van der Waals surface area contributed by atoms with Gasteiger partial charge in [-0.05, 0) is 69.3 Å². The second-order valence-electron chi connectivity index (χ2n) is 13.8. The number of benzene rings is 6. The third-order valence-corrected chi connectivity index (χ3v) is 10.7. The molecule has 2 aliphatic carbocycles. The molecule has 0 N–H and O–H groups in total. The highest BCUT2D eigenvalue weighted by molar-refractivity contribution is 6.09. The predicted molar refractivity (Wildman–Crippen MR) is 201 cm³/mol. The number of furan rings is 1. The summed E-state index contributed by atoms with van der Waals surface area (Å²) in [4.78, 5) is 2.42. The Balaban J connectivity index is 1.17. The topological polar surface area (TPSA) is 16.4 Å². The van der Waals surface area contributed by atoms with Crippen LogP contribution in [0.1, 0.15) is 43.4 Å². The van der Waals surface area contributed by atoms with Gasteiger partial charge >= 0.3 is 0 Å². The molecular formula is C46H37NO. The van der Waals surface area contributed by atoms with Crippen LogP contribution in [0.15, 0.2) is 168 Å². The van der Waals surface area contributed by atoms with E-state index >= 15 is 0 Å². The van der Waals surface area contributed by atoms with E-state index in [0.29, 0.717) is 0 Å². The zero-order valence-electron chi connectivity index (χ0n) is 27.5. The summed E-state index contributed by atoms with van der Waals surface area (Å²) in [6.07, 6.45) is 6.91. The summed E-state index contributed by atoms with van der Waals surface area (Å²) in [5.74, 6) is 0.415. The fourth-order valence-electron chi connectivity index (χ4n) is 8.17. The van der Waals surface area contributed by atoms with Crippen LogP contribution in [-0.2, 0) is 5.41 Å². The van der Waals surface area contributed by atoms with E-state index in [-0.39, 0.29) is 17.3 Å². The molecule has 0 fully saturated rings. The maximum Gasteiger partial charge on any atom is 0.159 e. The summed E-state index contributed by atoms with van der Waals surface area (Å²) in [5.41, 5.74) is 14.5. The van der Waals surface area contributed by atoms with Crippen molar-refractivity contribution in [2.45, 2.75) is 32.1 Å². The van der Waals surface area contributed by atoms with Crippen molar-refractivity contribution in [1.82, 2.24) is 0 Å². The molecule has 1 heterocycles. The van der Waals surface area contributed by atoms with E-state index in [1.807, 2.05) is 6.07 Å². The fraction of sp³-hybridized carbons (Fsp3) is 0.130. The van der Waals surface area contributed by atoms with E-state index < -0.39 is 0 Å². The van der Waals surface area contributed by atoms with Crippen LogP contribution in [0, 0.1) is 5.92 Å². The molecule has 232 valence electrons. The van der Waals surface area contributed by atoms with Crippen LogP contribution in [0.5, 0.6) is 0 Å². The summed E-state index contributed by atoms with van der Waals surface area (Å²) in [7, 11) is 0. The second-order valence-corrected chi connectivity index (χ2v) is 13.8. The number of para-hydroxylation sites is 2. The molecule has 0 radical (unpaired) electrons. The minimum Gasteiger partial charge on any atom is -0.454 e. The quantitative estimate of drug-likeness (QED) is 0.191. The zero-order valence-corrected chi connectivity index (χ0v) is 27.5. The van der Waals surface area contributed by atoms with Gasteiger partial charge in [0.1, 0.15) is 5.58 Å². The van der Waals surface area contributed by atoms with Gasteiger partial charge in [-0.15, -0.1) is 0 Å². The van der Waals surface area contributed by atoms with E-state index in [1.165, 1.54) is 44.6 Å². The maximum absolute atomic E-state index is 6.63. The highest BCUT2D eigenvalue weighted by atomic mass is 16.3. The van der Waals surface area contributed by atoms with Crippen molar-refractivity contribution < 1.29 is 4.42 Å². The van der Waals surface area contributed by atoms with Crippen molar-refractivity contribution in [3.8, 4) is 22.3 Å². The molecule has 2 nitrogen and oxygen atoms in total. The van der Waals surface area contributed by atoms with Crippen LogP contribution >= 0.6 is 0 Å². The van der Waals surface area contributed by atoms with E-state index in [4.69, 9.17) is 4.42 Å². The highest BCUT2D eigenvalue weighted by Crippen LogP contribution is 2.51. The molecule has 1 aromatic heterocycles. The molecule has 2 atom stereocenters. The number of rotatable bonds is 5. The Morgan fingerprint density at radius 2 is 1.33 bits per heavy atom. The lowest BCUT2D eigenvalue weighted by Gasteiger charge is -2.36. The Kier molecular flexibility index (Phi) is 6.55. The van der Waals surface area contributed by atoms with Gasteiger partial charge in [-0.25, -0.2) is 0 Å². The largest absolute Gasteiger partial charge is 0.454 e. The first-order chi connectivity index (χ1) is 23.5. The van der Waals surface area contributed by atoms with Crippen molar-refractivity contribution in [3.05, 3.63) is 180 Å². The van der Waals surface area contributed by atoms with E-state index in [0.717, 1.165) is 33.3 Å². The number of hydrogen-bond acceptors (Lipinski definition) is 2. The molecule has 0 spiro atoms. The maximum atomic E-state index is 6.63. The van der Waals surface area contributed by atoms with Gasteiger partial charge in [0.2, 0.25) is 0 Å². The summed E-state index contributed by atoms with van der Waals surface area (Å²) >= 11 is 0. The first-order valence-electron chi connectivity index (χ1n) is 17.0. The third kappa shape index (κ3) is 4.40. The Morgan fingerprint density at radius 3 is 2.19 bits per heavy atom. The molecule has 0 aliphatic heterocycles. The van der Waals surface area contributed by atoms with Gasteiger partial charge in [0.15, 0.2) is 5.58 Å². The first kappa shape index (κ1) is 28.6. The third-order valence-electron chi connectivity index (χ3n) is 10.7. The van der Waals surface area contributed by atoms with Gasteiger partial charge in [-0.3, -0.25) is 0 Å². The molecule has 6 aromatic carbocycles. The van der Waals surface area contributed by atoms with E-state index in [9.17, 15) is 0 Å². The summed E-state index contributed by atoms with van der Waals surface area (Å²) in [6, 6.07) is 50.5. The van der Waals surface area contributed by atoms with Crippen LogP contribution in [-0.4, -0.2) is 0 Å². The van der Waals surface area contributed by atoms with Crippen molar-refractivity contribution in [2.24, 2.45) is 5.92 Å². The fourth-order valence-corrected chi connectivity index (χ4v) is 8.17. The van der Waals surface area contributed by atoms with Crippen LogP contribution in [0.2, 0.25) is 0 Å². The summed E-state index contributed by atoms with van der Waals surface area (Å²) in [6.45, 7) is 7.07. The van der Waals surface area contributed by atoms with Gasteiger partial charge in [-0.1, -0.05) is 148 Å². The second kappa shape index (κ2) is 11.0. The number of anilines is 2. The molecule has 0 saturated carbocycles. The normalized spacial score (nSPS) is 17.7. The average molecular weight is 620 g/mol. The number of allylic oxidation sites excluding steroid dienone is 4. The zero-order chi connectivity index (χ0) is 32.4.